The minimum atomic E-state index is -0.563. The van der Waals surface area contributed by atoms with Crippen LogP contribution in [0.25, 0.3) is 0 Å². The SMILES string of the molecule is Cc1ccc(NC(=O)CN2C(=O)COc3ccc([N+](=O)[O-])cc32)cc1C. The monoisotopic (exact) mass is 355 g/mol. The number of amides is 2. The maximum atomic E-state index is 12.4. The van der Waals surface area contributed by atoms with Crippen LogP contribution < -0.4 is 15.0 Å². The molecule has 0 aromatic heterocycles. The standard InChI is InChI=1S/C18H17N3O5/c1-11-3-4-13(7-12(11)2)19-17(22)9-20-15-8-14(21(24)25)5-6-16(15)26-10-18(20)23/h3-8H,9-10H2,1-2H3,(H,19,22). The van der Waals surface area contributed by atoms with E-state index in [4.69, 9.17) is 4.74 Å². The Bertz CT molecular complexity index is 910. The molecule has 2 aromatic rings. The molecule has 26 heavy (non-hydrogen) atoms. The van der Waals surface area contributed by atoms with Crippen LogP contribution >= 0.6 is 0 Å². The van der Waals surface area contributed by atoms with Crippen molar-refractivity contribution in [3.63, 3.8) is 0 Å². The molecule has 134 valence electrons. The summed E-state index contributed by atoms with van der Waals surface area (Å²) < 4.78 is 5.28. The van der Waals surface area contributed by atoms with Crippen molar-refractivity contribution in [2.45, 2.75) is 13.8 Å². The molecule has 0 aliphatic carbocycles. The first-order valence-corrected chi connectivity index (χ1v) is 7.94. The number of benzene rings is 2. The van der Waals surface area contributed by atoms with E-state index in [0.29, 0.717) is 11.4 Å². The Morgan fingerprint density at radius 2 is 2.00 bits per heavy atom. The van der Waals surface area contributed by atoms with Crippen molar-refractivity contribution >= 4 is 28.9 Å². The van der Waals surface area contributed by atoms with Crippen LogP contribution in [-0.2, 0) is 9.59 Å². The fourth-order valence-corrected chi connectivity index (χ4v) is 2.64. The maximum absolute atomic E-state index is 12.4. The summed E-state index contributed by atoms with van der Waals surface area (Å²) in [6.45, 7) is 3.42. The summed E-state index contributed by atoms with van der Waals surface area (Å²) in [5.41, 5.74) is 2.80. The number of hydrogen-bond acceptors (Lipinski definition) is 5. The molecule has 8 nitrogen and oxygen atoms in total. The highest BCUT2D eigenvalue weighted by Gasteiger charge is 2.29. The number of nitrogens with zero attached hydrogens (tertiary/aromatic N) is 2. The molecule has 0 spiro atoms. The Labute approximate surface area is 149 Å². The molecule has 3 rings (SSSR count). The summed E-state index contributed by atoms with van der Waals surface area (Å²) in [7, 11) is 0. The second kappa shape index (κ2) is 6.83. The van der Waals surface area contributed by atoms with Gasteiger partial charge in [0.2, 0.25) is 5.91 Å². The lowest BCUT2D eigenvalue weighted by Crippen LogP contribution is -2.43. The third-order valence-electron chi connectivity index (χ3n) is 4.19. The number of hydrogen-bond donors (Lipinski definition) is 1. The van der Waals surface area contributed by atoms with Crippen LogP contribution in [0, 0.1) is 24.0 Å². The number of non-ortho nitro benzene ring substituents is 1. The topological polar surface area (TPSA) is 102 Å². The maximum Gasteiger partial charge on any atom is 0.271 e. The third-order valence-corrected chi connectivity index (χ3v) is 4.19. The molecule has 1 aliphatic rings. The van der Waals surface area contributed by atoms with Crippen molar-refractivity contribution in [3.8, 4) is 5.75 Å². The Hall–Kier alpha value is -3.42. The Morgan fingerprint density at radius 1 is 1.23 bits per heavy atom. The van der Waals surface area contributed by atoms with E-state index in [2.05, 4.69) is 5.32 Å². The van der Waals surface area contributed by atoms with Gasteiger partial charge < -0.3 is 10.1 Å². The van der Waals surface area contributed by atoms with E-state index in [9.17, 15) is 19.7 Å². The molecule has 0 saturated heterocycles. The van der Waals surface area contributed by atoms with Crippen LogP contribution in [0.1, 0.15) is 11.1 Å². The fourth-order valence-electron chi connectivity index (χ4n) is 2.64. The molecule has 1 aliphatic heterocycles. The Balaban J connectivity index is 1.81. The number of carbonyl (C=O) groups is 2. The molecule has 0 fully saturated rings. The molecule has 0 radical (unpaired) electrons. The van der Waals surface area contributed by atoms with Gasteiger partial charge >= 0.3 is 0 Å². The number of nitro groups is 1. The highest BCUT2D eigenvalue weighted by molar-refractivity contribution is 6.05. The predicted molar refractivity (Wildman–Crippen MR) is 95.5 cm³/mol. The van der Waals surface area contributed by atoms with E-state index in [1.165, 1.54) is 23.1 Å². The van der Waals surface area contributed by atoms with Gasteiger partial charge in [-0.1, -0.05) is 6.07 Å². The first-order chi connectivity index (χ1) is 12.3. The number of aryl methyl sites for hydroxylation is 2. The van der Waals surface area contributed by atoms with E-state index in [1.807, 2.05) is 26.0 Å². The smallest absolute Gasteiger partial charge is 0.271 e. The molecule has 0 saturated carbocycles. The zero-order valence-electron chi connectivity index (χ0n) is 14.3. The quantitative estimate of drug-likeness (QED) is 0.671. The lowest BCUT2D eigenvalue weighted by Gasteiger charge is -2.28. The Morgan fingerprint density at radius 3 is 2.69 bits per heavy atom. The number of nitro benzene ring substituents is 1. The number of ether oxygens (including phenoxy) is 1. The van der Waals surface area contributed by atoms with Gasteiger partial charge in [-0.2, -0.15) is 0 Å². The normalized spacial score (nSPS) is 13.0. The summed E-state index contributed by atoms with van der Waals surface area (Å²) >= 11 is 0. The van der Waals surface area contributed by atoms with Gasteiger partial charge in [0, 0.05) is 17.8 Å². The second-order valence-corrected chi connectivity index (χ2v) is 6.02. The largest absolute Gasteiger partial charge is 0.482 e. The van der Waals surface area contributed by atoms with Crippen LogP contribution in [0.2, 0.25) is 0 Å². The lowest BCUT2D eigenvalue weighted by molar-refractivity contribution is -0.384. The highest BCUT2D eigenvalue weighted by Crippen LogP contribution is 2.35. The average molecular weight is 355 g/mol. The summed E-state index contributed by atoms with van der Waals surface area (Å²) in [6.07, 6.45) is 0. The number of rotatable bonds is 4. The number of nitrogens with one attached hydrogen (secondary N) is 1. The predicted octanol–water partition coefficient (Wildman–Crippen LogP) is 2.58. The van der Waals surface area contributed by atoms with Crippen molar-refractivity contribution in [2.24, 2.45) is 0 Å². The van der Waals surface area contributed by atoms with Gasteiger partial charge in [0.1, 0.15) is 12.3 Å². The van der Waals surface area contributed by atoms with Crippen LogP contribution in [-0.4, -0.2) is 29.9 Å². The summed E-state index contributed by atoms with van der Waals surface area (Å²) in [6, 6.07) is 9.46. The van der Waals surface area contributed by atoms with Crippen LogP contribution in [0.5, 0.6) is 5.75 Å². The zero-order chi connectivity index (χ0) is 18.8. The van der Waals surface area contributed by atoms with E-state index in [1.54, 1.807) is 6.07 Å². The summed E-state index contributed by atoms with van der Waals surface area (Å²) in [5.74, 6) is -0.511. The minimum absolute atomic E-state index is 0.179. The first-order valence-electron chi connectivity index (χ1n) is 7.94. The van der Waals surface area contributed by atoms with E-state index < -0.39 is 16.7 Å². The highest BCUT2D eigenvalue weighted by atomic mass is 16.6. The van der Waals surface area contributed by atoms with Gasteiger partial charge in [-0.15, -0.1) is 0 Å². The van der Waals surface area contributed by atoms with Crippen molar-refractivity contribution in [2.75, 3.05) is 23.4 Å². The van der Waals surface area contributed by atoms with Crippen molar-refractivity contribution in [3.05, 3.63) is 57.6 Å². The molecule has 1 N–H and O–H groups in total. The molecule has 0 bridgehead atoms. The molecular weight excluding hydrogens is 338 g/mol. The summed E-state index contributed by atoms with van der Waals surface area (Å²) in [4.78, 5) is 36.2. The van der Waals surface area contributed by atoms with Crippen LogP contribution in [0.15, 0.2) is 36.4 Å². The second-order valence-electron chi connectivity index (χ2n) is 6.02. The van der Waals surface area contributed by atoms with Gasteiger partial charge in [-0.3, -0.25) is 24.6 Å². The summed E-state index contributed by atoms with van der Waals surface area (Å²) in [5, 5.41) is 13.7. The molecule has 8 heteroatoms. The van der Waals surface area contributed by atoms with Crippen molar-refractivity contribution < 1.29 is 19.2 Å². The van der Waals surface area contributed by atoms with Gasteiger partial charge in [0.25, 0.3) is 11.6 Å². The van der Waals surface area contributed by atoms with Crippen LogP contribution in [0.3, 0.4) is 0 Å². The molecule has 0 atom stereocenters. The minimum Gasteiger partial charge on any atom is -0.482 e. The number of carbonyl (C=O) groups excluding carboxylic acids is 2. The third kappa shape index (κ3) is 3.49. The number of fused-ring (bicyclic) bond motifs is 1. The van der Waals surface area contributed by atoms with Gasteiger partial charge in [-0.05, 0) is 43.2 Å². The van der Waals surface area contributed by atoms with Gasteiger partial charge in [0.15, 0.2) is 6.61 Å². The van der Waals surface area contributed by atoms with Crippen molar-refractivity contribution in [1.29, 1.82) is 0 Å². The van der Waals surface area contributed by atoms with Crippen LogP contribution in [0.4, 0.5) is 17.1 Å². The van der Waals surface area contributed by atoms with Crippen molar-refractivity contribution in [1.82, 2.24) is 0 Å². The average Bonchev–Trinajstić information content (AvgIpc) is 2.60. The number of anilines is 2. The fraction of sp³-hybridized carbons (Fsp3) is 0.222. The van der Waals surface area contributed by atoms with E-state index in [-0.39, 0.29) is 24.5 Å². The zero-order valence-corrected chi connectivity index (χ0v) is 14.3. The lowest BCUT2D eigenvalue weighted by atomic mass is 10.1. The van der Waals surface area contributed by atoms with Gasteiger partial charge in [0.05, 0.1) is 10.6 Å². The first kappa shape index (κ1) is 17.4. The molecule has 2 amide bonds. The molecule has 2 aromatic carbocycles. The molecular formula is C18H17N3O5. The molecule has 0 unspecified atom stereocenters. The molecule has 1 heterocycles. The van der Waals surface area contributed by atoms with E-state index in [0.717, 1.165) is 11.1 Å². The van der Waals surface area contributed by atoms with E-state index >= 15 is 0 Å². The Kier molecular flexibility index (Phi) is 4.57. The van der Waals surface area contributed by atoms with Gasteiger partial charge in [-0.25, -0.2) is 0 Å².